The predicted octanol–water partition coefficient (Wildman–Crippen LogP) is 0.448. The summed E-state index contributed by atoms with van der Waals surface area (Å²) < 4.78 is 4.59. The molecule has 0 spiro atoms. The van der Waals surface area contributed by atoms with Gasteiger partial charge in [-0.15, -0.1) is 11.6 Å². The van der Waals surface area contributed by atoms with Gasteiger partial charge in [-0.25, -0.2) is 0 Å². The van der Waals surface area contributed by atoms with Crippen molar-refractivity contribution in [2.75, 3.05) is 12.6 Å². The van der Waals surface area contributed by atoms with Crippen molar-refractivity contribution in [1.29, 1.82) is 0 Å². The van der Waals surface area contributed by atoms with Crippen molar-refractivity contribution in [1.82, 2.24) is 0 Å². The van der Waals surface area contributed by atoms with Crippen LogP contribution in [0.4, 0.5) is 0 Å². The van der Waals surface area contributed by atoms with Crippen molar-refractivity contribution in [3.8, 4) is 0 Å². The summed E-state index contributed by atoms with van der Waals surface area (Å²) in [6.07, 6.45) is 0. The molecule has 0 saturated heterocycles. The minimum Gasteiger partial charge on any atom is -0.419 e. The van der Waals surface area contributed by atoms with Crippen LogP contribution in [0.15, 0.2) is 0 Å². The summed E-state index contributed by atoms with van der Waals surface area (Å²) in [5.41, 5.74) is 0.622. The van der Waals surface area contributed by atoms with Crippen LogP contribution in [0.25, 0.3) is 0 Å². The van der Waals surface area contributed by atoms with E-state index in [1.165, 1.54) is 0 Å². The van der Waals surface area contributed by atoms with E-state index in [4.69, 9.17) is 11.6 Å². The van der Waals surface area contributed by atoms with Crippen LogP contribution in [0.5, 0.6) is 0 Å². The Morgan fingerprint density at radius 1 is 2.00 bits per heavy atom. The van der Waals surface area contributed by atoms with Gasteiger partial charge in [-0.2, -0.15) is 0 Å². The molecule has 1 nitrogen and oxygen atoms in total. The SMILES string of the molecule is CO[Si]CCl. The molecular weight excluding hydrogens is 104 g/mol. The Morgan fingerprint density at radius 2 is 2.60 bits per heavy atom. The Kier molecular flexibility index (Phi) is 4.88. The van der Waals surface area contributed by atoms with Gasteiger partial charge in [0.25, 0.3) is 0 Å². The first-order valence-electron chi connectivity index (χ1n) is 1.23. The first kappa shape index (κ1) is 5.47. The third-order valence-corrected chi connectivity index (χ3v) is 0.924. The van der Waals surface area contributed by atoms with E-state index in [1.807, 2.05) is 0 Å². The molecule has 0 aromatic heterocycles. The van der Waals surface area contributed by atoms with E-state index in [0.717, 1.165) is 0 Å². The van der Waals surface area contributed by atoms with E-state index in [1.54, 1.807) is 7.11 Å². The van der Waals surface area contributed by atoms with Crippen LogP contribution >= 0.6 is 11.6 Å². The van der Waals surface area contributed by atoms with Crippen molar-refractivity contribution >= 4 is 21.4 Å². The summed E-state index contributed by atoms with van der Waals surface area (Å²) in [6, 6.07) is 0. The van der Waals surface area contributed by atoms with Crippen LogP contribution in [-0.2, 0) is 4.43 Å². The van der Waals surface area contributed by atoms with Gasteiger partial charge in [0.1, 0.15) is 0 Å². The smallest absolute Gasteiger partial charge is 0.245 e. The van der Waals surface area contributed by atoms with Crippen molar-refractivity contribution in [3.05, 3.63) is 0 Å². The van der Waals surface area contributed by atoms with Gasteiger partial charge in [-0.05, 0) is 0 Å². The highest BCUT2D eigenvalue weighted by Gasteiger charge is 1.74. The van der Waals surface area contributed by atoms with Crippen LogP contribution < -0.4 is 0 Å². The fourth-order valence-electron chi connectivity index (χ4n) is 0.0546. The molecule has 0 N–H and O–H groups in total. The summed E-state index contributed by atoms with van der Waals surface area (Å²) in [6.45, 7) is 0. The van der Waals surface area contributed by atoms with Gasteiger partial charge >= 0.3 is 0 Å². The van der Waals surface area contributed by atoms with Crippen molar-refractivity contribution in [3.63, 3.8) is 0 Å². The Morgan fingerprint density at radius 3 is 2.60 bits per heavy atom. The summed E-state index contributed by atoms with van der Waals surface area (Å²) in [5.74, 6) is 0. The third-order valence-electron chi connectivity index (χ3n) is 0.199. The fourth-order valence-corrected chi connectivity index (χ4v) is 0.491. The van der Waals surface area contributed by atoms with Crippen LogP contribution in [0.2, 0.25) is 0 Å². The quantitative estimate of drug-likeness (QED) is 0.369. The number of alkyl halides is 1. The maximum Gasteiger partial charge on any atom is 0.245 e. The highest BCUT2D eigenvalue weighted by atomic mass is 35.5. The Balaban J connectivity index is 2.19. The largest absolute Gasteiger partial charge is 0.419 e. The van der Waals surface area contributed by atoms with Crippen molar-refractivity contribution in [2.45, 2.75) is 0 Å². The molecule has 0 heterocycles. The number of rotatable bonds is 2. The molecule has 0 aliphatic heterocycles. The zero-order valence-electron chi connectivity index (χ0n) is 2.99. The lowest BCUT2D eigenvalue weighted by Gasteiger charge is -1.79. The molecule has 0 bridgehead atoms. The molecule has 0 saturated carbocycles. The van der Waals surface area contributed by atoms with Gasteiger partial charge in [0, 0.05) is 12.6 Å². The predicted molar refractivity (Wildman–Crippen MR) is 23.5 cm³/mol. The van der Waals surface area contributed by atoms with E-state index in [0.29, 0.717) is 15.3 Å². The van der Waals surface area contributed by atoms with Crippen LogP contribution in [0.1, 0.15) is 0 Å². The van der Waals surface area contributed by atoms with Crippen LogP contribution in [0.3, 0.4) is 0 Å². The second kappa shape index (κ2) is 4.47. The van der Waals surface area contributed by atoms with E-state index >= 15 is 0 Å². The zero-order chi connectivity index (χ0) is 4.12. The first-order valence-corrected chi connectivity index (χ1v) is 2.88. The Hall–Kier alpha value is 0.467. The molecule has 0 rings (SSSR count). The topological polar surface area (TPSA) is 9.23 Å². The molecule has 0 aromatic rings. The van der Waals surface area contributed by atoms with Crippen molar-refractivity contribution < 1.29 is 4.43 Å². The van der Waals surface area contributed by atoms with E-state index < -0.39 is 0 Å². The average Bonchev–Trinajstić information content (AvgIpc) is 1.41. The fraction of sp³-hybridized carbons (Fsp3) is 1.00. The number of hydrogen-bond acceptors (Lipinski definition) is 1. The first-order chi connectivity index (χ1) is 2.41. The molecule has 3 heteroatoms. The molecule has 0 fully saturated rings. The highest BCUT2D eigenvalue weighted by Crippen LogP contribution is 1.66. The second-order valence-electron chi connectivity index (χ2n) is 0.482. The van der Waals surface area contributed by atoms with Gasteiger partial charge < -0.3 is 4.43 Å². The minimum atomic E-state index is 0.463. The van der Waals surface area contributed by atoms with Gasteiger partial charge in [0.15, 0.2) is 0 Å². The number of hydrogen-bond donors (Lipinski definition) is 0. The Bertz CT molecular complexity index is 17.1. The lowest BCUT2D eigenvalue weighted by molar-refractivity contribution is 0.445. The lowest BCUT2D eigenvalue weighted by Crippen LogP contribution is -1.92. The molecule has 0 atom stereocenters. The molecule has 0 aliphatic rings. The molecule has 0 aliphatic carbocycles. The standard InChI is InChI=1S/C2H5ClOSi/c1-4-5-2-3/h2H2,1H3. The van der Waals surface area contributed by atoms with Gasteiger partial charge in [0.2, 0.25) is 9.76 Å². The molecule has 30 valence electrons. The molecule has 0 aromatic carbocycles. The average molecular weight is 109 g/mol. The van der Waals surface area contributed by atoms with Gasteiger partial charge in [-0.3, -0.25) is 0 Å². The summed E-state index contributed by atoms with van der Waals surface area (Å²) in [5, 5.41) is 0. The molecule has 2 radical (unpaired) electrons. The normalized spacial score (nSPS) is 8.40. The molecule has 0 unspecified atom stereocenters. The minimum absolute atomic E-state index is 0.463. The molecule has 0 amide bonds. The third kappa shape index (κ3) is 4.47. The maximum atomic E-state index is 5.19. The molecular formula is C2H5ClOSi. The lowest BCUT2D eigenvalue weighted by atomic mass is 11.8. The zero-order valence-corrected chi connectivity index (χ0v) is 4.75. The van der Waals surface area contributed by atoms with E-state index in [2.05, 4.69) is 4.43 Å². The van der Waals surface area contributed by atoms with Gasteiger partial charge in [-0.1, -0.05) is 0 Å². The summed E-state index contributed by atoms with van der Waals surface area (Å²) in [4.78, 5) is 0. The Labute approximate surface area is 39.2 Å². The maximum absolute atomic E-state index is 5.19. The summed E-state index contributed by atoms with van der Waals surface area (Å²) >= 11 is 5.19. The monoisotopic (exact) mass is 108 g/mol. The number of halogens is 1. The van der Waals surface area contributed by atoms with E-state index in [-0.39, 0.29) is 0 Å². The van der Waals surface area contributed by atoms with E-state index in [9.17, 15) is 0 Å². The van der Waals surface area contributed by atoms with Crippen LogP contribution in [-0.4, -0.2) is 22.4 Å². The highest BCUT2D eigenvalue weighted by molar-refractivity contribution is 6.45. The second-order valence-corrected chi connectivity index (χ2v) is 2.25. The summed E-state index contributed by atoms with van der Waals surface area (Å²) in [7, 11) is 2.10. The van der Waals surface area contributed by atoms with Crippen molar-refractivity contribution in [2.24, 2.45) is 0 Å². The van der Waals surface area contributed by atoms with Gasteiger partial charge in [0.05, 0.1) is 0 Å². The van der Waals surface area contributed by atoms with Crippen LogP contribution in [0, 0.1) is 0 Å². The molecule has 5 heavy (non-hydrogen) atoms.